The molecule has 0 amide bonds. The summed E-state index contributed by atoms with van der Waals surface area (Å²) >= 11 is 0. The predicted octanol–water partition coefficient (Wildman–Crippen LogP) is 5.39. The molecule has 0 bridgehead atoms. The van der Waals surface area contributed by atoms with Crippen LogP contribution in [0, 0.1) is 24.6 Å². The van der Waals surface area contributed by atoms with E-state index in [9.17, 15) is 4.39 Å². The number of allylic oxidation sites excluding steroid dienone is 2. The molecule has 2 rings (SSSR count). The van der Waals surface area contributed by atoms with Gasteiger partial charge in [0.25, 0.3) is 0 Å². The predicted molar refractivity (Wildman–Crippen MR) is 77.9 cm³/mol. The quantitative estimate of drug-likeness (QED) is 0.628. The van der Waals surface area contributed by atoms with Crippen molar-refractivity contribution in [1.29, 1.82) is 0 Å². The van der Waals surface area contributed by atoms with E-state index in [1.54, 1.807) is 13.0 Å². The van der Waals surface area contributed by atoms with Crippen molar-refractivity contribution >= 4 is 6.08 Å². The van der Waals surface area contributed by atoms with Crippen LogP contribution in [0.4, 0.5) is 4.39 Å². The molecule has 1 aliphatic rings. The largest absolute Gasteiger partial charge is 0.207 e. The maximum Gasteiger partial charge on any atom is 0.126 e. The Labute approximate surface area is 111 Å². The van der Waals surface area contributed by atoms with E-state index >= 15 is 0 Å². The van der Waals surface area contributed by atoms with E-state index < -0.39 is 0 Å². The van der Waals surface area contributed by atoms with E-state index in [-0.39, 0.29) is 7.24 Å². The zero-order valence-corrected chi connectivity index (χ0v) is 11.0. The van der Waals surface area contributed by atoms with Crippen LogP contribution in [0.2, 0.25) is 0 Å². The fraction of sp³-hybridized carbons (Fsp3) is 0.412. The van der Waals surface area contributed by atoms with Crippen LogP contribution < -0.4 is 0 Å². The maximum atomic E-state index is 13.4. The van der Waals surface area contributed by atoms with Crippen LogP contribution in [0.1, 0.15) is 38.2 Å². The topological polar surface area (TPSA) is 0 Å². The van der Waals surface area contributed by atoms with Gasteiger partial charge in [0.1, 0.15) is 5.82 Å². The lowest BCUT2D eigenvalue weighted by atomic mass is 9.82. The van der Waals surface area contributed by atoms with Gasteiger partial charge in [-0.1, -0.05) is 30.4 Å². The van der Waals surface area contributed by atoms with Gasteiger partial charge < -0.3 is 0 Å². The molecule has 1 heteroatoms. The first-order valence-electron chi connectivity index (χ1n) is 6.76. The van der Waals surface area contributed by atoms with Gasteiger partial charge in [0.15, 0.2) is 0 Å². The molecular weight excluding hydrogens is 223 g/mol. The van der Waals surface area contributed by atoms with Gasteiger partial charge in [0, 0.05) is 1.43 Å². The van der Waals surface area contributed by atoms with Crippen LogP contribution in [-0.4, -0.2) is 0 Å². The van der Waals surface area contributed by atoms with Crippen LogP contribution in [-0.2, 0) is 0 Å². The first-order chi connectivity index (χ1) is 8.69. The van der Waals surface area contributed by atoms with Crippen LogP contribution in [0.15, 0.2) is 36.9 Å². The minimum atomic E-state index is -0.118. The summed E-state index contributed by atoms with van der Waals surface area (Å²) in [5, 5.41) is 0. The van der Waals surface area contributed by atoms with Gasteiger partial charge in [-0.15, -0.1) is 6.58 Å². The fourth-order valence-corrected chi connectivity index (χ4v) is 2.53. The standard InChI is InChI=1S/C17H21F.H2/c1-3-14-6-8-15(9-7-14)10-11-16-5-4-13(2)17(18)12-16;/h3-5,10-12,14-15H,1,6-9H2,2H3;1H/b11-10+;. The van der Waals surface area contributed by atoms with Gasteiger partial charge in [-0.3, -0.25) is 0 Å². The van der Waals surface area contributed by atoms with Crippen molar-refractivity contribution in [2.24, 2.45) is 11.8 Å². The Bertz CT molecular complexity index is 443. The molecule has 0 unspecified atom stereocenters. The molecule has 0 aromatic heterocycles. The fourth-order valence-electron chi connectivity index (χ4n) is 2.53. The molecule has 18 heavy (non-hydrogen) atoms. The highest BCUT2D eigenvalue weighted by Gasteiger charge is 2.16. The normalized spacial score (nSPS) is 24.3. The van der Waals surface area contributed by atoms with E-state index in [2.05, 4.69) is 24.8 Å². The number of hydrogen-bond acceptors (Lipinski definition) is 0. The highest BCUT2D eigenvalue weighted by molar-refractivity contribution is 5.50. The van der Waals surface area contributed by atoms with E-state index in [1.807, 2.05) is 12.1 Å². The molecule has 1 aliphatic carbocycles. The highest BCUT2D eigenvalue weighted by atomic mass is 19.1. The zero-order chi connectivity index (χ0) is 13.0. The lowest BCUT2D eigenvalue weighted by Crippen LogP contribution is -2.10. The molecule has 0 atom stereocenters. The maximum absolute atomic E-state index is 13.4. The van der Waals surface area contributed by atoms with Crippen molar-refractivity contribution in [2.45, 2.75) is 32.6 Å². The van der Waals surface area contributed by atoms with E-state index in [4.69, 9.17) is 0 Å². The van der Waals surface area contributed by atoms with E-state index in [1.165, 1.54) is 25.7 Å². The molecule has 0 aliphatic heterocycles. The molecule has 0 heterocycles. The second-order valence-corrected chi connectivity index (χ2v) is 5.28. The van der Waals surface area contributed by atoms with Crippen LogP contribution >= 0.6 is 0 Å². The van der Waals surface area contributed by atoms with Gasteiger partial charge in [-0.2, -0.15) is 0 Å². The van der Waals surface area contributed by atoms with Crippen LogP contribution in [0.25, 0.3) is 6.08 Å². The molecule has 0 nitrogen and oxygen atoms in total. The van der Waals surface area contributed by atoms with E-state index in [0.717, 1.165) is 5.56 Å². The third kappa shape index (κ3) is 3.32. The van der Waals surface area contributed by atoms with Crippen molar-refractivity contribution in [3.8, 4) is 0 Å². The lowest BCUT2D eigenvalue weighted by molar-refractivity contribution is 0.357. The molecule has 1 fully saturated rings. The summed E-state index contributed by atoms with van der Waals surface area (Å²) in [6.45, 7) is 5.65. The number of halogens is 1. The summed E-state index contributed by atoms with van der Waals surface area (Å²) in [5.74, 6) is 1.23. The Hall–Kier alpha value is -1.37. The minimum Gasteiger partial charge on any atom is -0.207 e. The van der Waals surface area contributed by atoms with Gasteiger partial charge in [-0.05, 0) is 61.6 Å². The number of hydrogen-bond donors (Lipinski definition) is 0. The summed E-state index contributed by atoms with van der Waals surface area (Å²) in [6.07, 6.45) is 11.3. The molecule has 0 saturated heterocycles. The average Bonchev–Trinajstić information content (AvgIpc) is 2.41. The van der Waals surface area contributed by atoms with Crippen molar-refractivity contribution in [3.63, 3.8) is 0 Å². The zero-order valence-electron chi connectivity index (χ0n) is 11.0. The monoisotopic (exact) mass is 246 g/mol. The summed E-state index contributed by atoms with van der Waals surface area (Å²) in [4.78, 5) is 0. The molecule has 98 valence electrons. The second kappa shape index (κ2) is 5.99. The third-order valence-electron chi connectivity index (χ3n) is 3.91. The van der Waals surface area contributed by atoms with Crippen LogP contribution in [0.3, 0.4) is 0 Å². The molecular formula is C17H23F. The van der Waals surface area contributed by atoms with Gasteiger partial charge in [0.2, 0.25) is 0 Å². The Morgan fingerprint density at radius 3 is 2.50 bits per heavy atom. The van der Waals surface area contributed by atoms with Gasteiger partial charge in [-0.25, -0.2) is 4.39 Å². The average molecular weight is 246 g/mol. The van der Waals surface area contributed by atoms with Crippen LogP contribution in [0.5, 0.6) is 0 Å². The van der Waals surface area contributed by atoms with Crippen molar-refractivity contribution in [2.75, 3.05) is 0 Å². The first-order valence-corrected chi connectivity index (χ1v) is 6.76. The first kappa shape index (κ1) is 13.1. The summed E-state index contributed by atoms with van der Waals surface area (Å²) < 4.78 is 13.4. The number of benzene rings is 1. The summed E-state index contributed by atoms with van der Waals surface area (Å²) in [5.41, 5.74) is 1.67. The Balaban J connectivity index is 0.00000180. The number of aryl methyl sites for hydroxylation is 1. The molecule has 1 aromatic carbocycles. The van der Waals surface area contributed by atoms with E-state index in [0.29, 0.717) is 17.4 Å². The van der Waals surface area contributed by atoms with Crippen molar-refractivity contribution in [3.05, 3.63) is 53.9 Å². The summed E-state index contributed by atoms with van der Waals surface area (Å²) in [6, 6.07) is 5.43. The van der Waals surface area contributed by atoms with Crippen molar-refractivity contribution in [1.82, 2.24) is 0 Å². The van der Waals surface area contributed by atoms with Gasteiger partial charge in [0.05, 0.1) is 0 Å². The molecule has 1 aromatic rings. The SMILES string of the molecule is C=CC1CCC(/C=C/c2ccc(C)c(F)c2)CC1.[HH]. The molecule has 0 N–H and O–H groups in total. The molecule has 1 saturated carbocycles. The molecule has 0 spiro atoms. The number of rotatable bonds is 3. The Kier molecular flexibility index (Phi) is 4.35. The Morgan fingerprint density at radius 1 is 1.22 bits per heavy atom. The van der Waals surface area contributed by atoms with Crippen molar-refractivity contribution < 1.29 is 5.82 Å². The third-order valence-corrected chi connectivity index (χ3v) is 3.91. The smallest absolute Gasteiger partial charge is 0.126 e. The second-order valence-electron chi connectivity index (χ2n) is 5.28. The Morgan fingerprint density at radius 2 is 1.89 bits per heavy atom. The van der Waals surface area contributed by atoms with Gasteiger partial charge >= 0.3 is 0 Å². The molecule has 0 radical (unpaired) electrons. The highest BCUT2D eigenvalue weighted by Crippen LogP contribution is 2.30. The lowest BCUT2D eigenvalue weighted by Gasteiger charge is -2.24. The minimum absolute atomic E-state index is 0. The summed E-state index contributed by atoms with van der Waals surface area (Å²) in [7, 11) is 0.